The summed E-state index contributed by atoms with van der Waals surface area (Å²) in [4.78, 5) is 0. The Labute approximate surface area is 120 Å². The summed E-state index contributed by atoms with van der Waals surface area (Å²) in [5.41, 5.74) is 0.464. The quantitative estimate of drug-likeness (QED) is 0.799. The molecular formula is C14H22BFN2O2. The fourth-order valence-electron chi connectivity index (χ4n) is 2.09. The fourth-order valence-corrected chi connectivity index (χ4v) is 2.09. The predicted octanol–water partition coefficient (Wildman–Crippen LogP) is 2.98. The van der Waals surface area contributed by atoms with Gasteiger partial charge in [-0.3, -0.25) is 4.68 Å². The van der Waals surface area contributed by atoms with Crippen LogP contribution in [0.15, 0.2) is 17.9 Å². The van der Waals surface area contributed by atoms with E-state index in [1.54, 1.807) is 4.68 Å². The van der Waals surface area contributed by atoms with Crippen molar-refractivity contribution in [2.45, 2.75) is 59.3 Å². The number of nitrogens with zero attached hydrogens (tertiary/aromatic N) is 2. The Bertz CT molecular complexity index is 521. The average Bonchev–Trinajstić information content (AvgIpc) is 2.73. The number of halogens is 1. The number of aromatic nitrogens is 2. The Kier molecular flexibility index (Phi) is 3.82. The van der Waals surface area contributed by atoms with E-state index in [1.165, 1.54) is 6.08 Å². The fraction of sp³-hybridized carbons (Fsp3) is 0.643. The predicted molar refractivity (Wildman–Crippen MR) is 77.0 cm³/mol. The van der Waals surface area contributed by atoms with Crippen LogP contribution in [-0.2, 0) is 15.9 Å². The number of hydrogen-bond acceptors (Lipinski definition) is 3. The summed E-state index contributed by atoms with van der Waals surface area (Å²) >= 11 is 0. The molecule has 1 saturated heterocycles. The first-order valence-corrected chi connectivity index (χ1v) is 6.85. The standard InChI is InChI=1S/C14H22BFN2O2/c1-10-9-11(2)18(17-10)8-7-12(16)15-19-13(3,4)14(5,6)20-15/h7,9H,8H2,1-6H3. The van der Waals surface area contributed by atoms with Crippen molar-refractivity contribution in [3.63, 3.8) is 0 Å². The Balaban J connectivity index is 2.07. The highest BCUT2D eigenvalue weighted by Crippen LogP contribution is 2.38. The Morgan fingerprint density at radius 3 is 2.30 bits per heavy atom. The van der Waals surface area contributed by atoms with Crippen LogP contribution in [0, 0.1) is 13.8 Å². The summed E-state index contributed by atoms with van der Waals surface area (Å²) in [5.74, 6) is 0. The molecule has 2 heterocycles. The highest BCUT2D eigenvalue weighted by molar-refractivity contribution is 6.53. The second-order valence-electron chi connectivity index (χ2n) is 6.29. The van der Waals surface area contributed by atoms with Gasteiger partial charge in [0.25, 0.3) is 0 Å². The van der Waals surface area contributed by atoms with Crippen molar-refractivity contribution in [2.24, 2.45) is 0 Å². The highest BCUT2D eigenvalue weighted by Gasteiger charge is 2.52. The number of rotatable bonds is 3. The number of aryl methyl sites for hydroxylation is 2. The minimum atomic E-state index is -0.933. The van der Waals surface area contributed by atoms with Crippen LogP contribution in [0.1, 0.15) is 39.1 Å². The second-order valence-corrected chi connectivity index (χ2v) is 6.29. The summed E-state index contributed by atoms with van der Waals surface area (Å²) in [6, 6.07) is 1.96. The van der Waals surface area contributed by atoms with Gasteiger partial charge in [-0.1, -0.05) is 0 Å². The molecule has 4 nitrogen and oxygen atoms in total. The molecule has 0 atom stereocenters. The molecule has 0 saturated carbocycles. The lowest BCUT2D eigenvalue weighted by atomic mass is 9.88. The lowest BCUT2D eigenvalue weighted by Gasteiger charge is -2.32. The molecule has 0 aromatic carbocycles. The third-order valence-electron chi connectivity index (χ3n) is 4.04. The SMILES string of the molecule is Cc1cc(C)n(CC=C(F)B2OC(C)(C)C(C)(C)O2)n1. The van der Waals surface area contributed by atoms with Gasteiger partial charge < -0.3 is 9.31 Å². The van der Waals surface area contributed by atoms with Crippen molar-refractivity contribution in [1.29, 1.82) is 0 Å². The minimum absolute atomic E-state index is 0.371. The van der Waals surface area contributed by atoms with Crippen molar-refractivity contribution in [3.05, 3.63) is 29.3 Å². The molecule has 0 spiro atoms. The van der Waals surface area contributed by atoms with Crippen molar-refractivity contribution in [3.8, 4) is 0 Å². The molecule has 0 N–H and O–H groups in total. The van der Waals surface area contributed by atoms with Crippen LogP contribution in [-0.4, -0.2) is 28.1 Å². The van der Waals surface area contributed by atoms with Gasteiger partial charge in [0, 0.05) is 5.69 Å². The molecule has 0 amide bonds. The van der Waals surface area contributed by atoms with Crippen LogP contribution in [0.4, 0.5) is 4.39 Å². The lowest BCUT2D eigenvalue weighted by Crippen LogP contribution is -2.41. The zero-order chi connectivity index (χ0) is 15.1. The molecule has 1 aliphatic heterocycles. The van der Waals surface area contributed by atoms with Gasteiger partial charge in [0.1, 0.15) is 5.73 Å². The third kappa shape index (κ3) is 2.81. The van der Waals surface area contributed by atoms with Crippen molar-refractivity contribution in [2.75, 3.05) is 0 Å². The molecule has 6 heteroatoms. The van der Waals surface area contributed by atoms with Crippen LogP contribution in [0.25, 0.3) is 0 Å². The van der Waals surface area contributed by atoms with E-state index >= 15 is 0 Å². The van der Waals surface area contributed by atoms with Crippen LogP contribution in [0.5, 0.6) is 0 Å². The zero-order valence-electron chi connectivity index (χ0n) is 13.0. The molecule has 0 aliphatic carbocycles. The average molecular weight is 280 g/mol. The van der Waals surface area contributed by atoms with Gasteiger partial charge in [0.05, 0.1) is 23.4 Å². The van der Waals surface area contributed by atoms with E-state index in [1.807, 2.05) is 47.6 Å². The summed E-state index contributed by atoms with van der Waals surface area (Å²) in [6.07, 6.45) is 1.46. The molecule has 1 aromatic heterocycles. The molecule has 1 fully saturated rings. The van der Waals surface area contributed by atoms with Gasteiger partial charge in [-0.05, 0) is 53.7 Å². The molecule has 0 unspecified atom stereocenters. The molecular weight excluding hydrogens is 258 g/mol. The molecule has 0 radical (unpaired) electrons. The Morgan fingerprint density at radius 2 is 1.85 bits per heavy atom. The van der Waals surface area contributed by atoms with Crippen LogP contribution < -0.4 is 0 Å². The van der Waals surface area contributed by atoms with Gasteiger partial charge in [0.2, 0.25) is 0 Å². The summed E-state index contributed by atoms with van der Waals surface area (Å²) < 4.78 is 27.2. The van der Waals surface area contributed by atoms with Crippen molar-refractivity contribution in [1.82, 2.24) is 9.78 Å². The van der Waals surface area contributed by atoms with Gasteiger partial charge in [0.15, 0.2) is 0 Å². The van der Waals surface area contributed by atoms with Crippen LogP contribution in [0.3, 0.4) is 0 Å². The maximum atomic E-state index is 14.2. The van der Waals surface area contributed by atoms with E-state index in [0.29, 0.717) is 6.54 Å². The monoisotopic (exact) mass is 280 g/mol. The first-order valence-electron chi connectivity index (χ1n) is 6.85. The lowest BCUT2D eigenvalue weighted by molar-refractivity contribution is 0.00578. The van der Waals surface area contributed by atoms with E-state index in [2.05, 4.69) is 5.10 Å². The molecule has 2 rings (SSSR count). The van der Waals surface area contributed by atoms with Crippen molar-refractivity contribution < 1.29 is 13.7 Å². The zero-order valence-corrected chi connectivity index (χ0v) is 13.0. The summed E-state index contributed by atoms with van der Waals surface area (Å²) in [5, 5.41) is 4.29. The van der Waals surface area contributed by atoms with Gasteiger partial charge in [-0.25, -0.2) is 4.39 Å². The molecule has 20 heavy (non-hydrogen) atoms. The maximum absolute atomic E-state index is 14.2. The Hall–Kier alpha value is -1.14. The third-order valence-corrected chi connectivity index (χ3v) is 4.04. The largest absolute Gasteiger partial charge is 0.524 e. The minimum Gasteiger partial charge on any atom is -0.398 e. The molecule has 110 valence electrons. The second kappa shape index (κ2) is 5.00. The number of hydrogen-bond donors (Lipinski definition) is 0. The smallest absolute Gasteiger partial charge is 0.398 e. The highest BCUT2D eigenvalue weighted by atomic mass is 19.1. The molecule has 0 bridgehead atoms. The van der Waals surface area contributed by atoms with E-state index in [4.69, 9.17) is 9.31 Å². The van der Waals surface area contributed by atoms with Crippen LogP contribution in [0.2, 0.25) is 0 Å². The first kappa shape index (κ1) is 15.3. The topological polar surface area (TPSA) is 36.3 Å². The number of allylic oxidation sites excluding steroid dienone is 1. The summed E-state index contributed by atoms with van der Waals surface area (Å²) in [7, 11) is -0.933. The van der Waals surface area contributed by atoms with E-state index < -0.39 is 24.0 Å². The first-order chi connectivity index (χ1) is 9.12. The normalized spacial score (nSPS) is 21.6. The van der Waals surface area contributed by atoms with Crippen molar-refractivity contribution >= 4 is 7.12 Å². The molecule has 1 aliphatic rings. The van der Waals surface area contributed by atoms with E-state index in [0.717, 1.165) is 11.4 Å². The van der Waals surface area contributed by atoms with Crippen LogP contribution >= 0.6 is 0 Å². The van der Waals surface area contributed by atoms with Gasteiger partial charge in [-0.15, -0.1) is 0 Å². The van der Waals surface area contributed by atoms with E-state index in [9.17, 15) is 4.39 Å². The van der Waals surface area contributed by atoms with Gasteiger partial charge in [-0.2, -0.15) is 5.10 Å². The summed E-state index contributed by atoms with van der Waals surface area (Å²) in [6.45, 7) is 11.8. The maximum Gasteiger partial charge on any atom is 0.524 e. The van der Waals surface area contributed by atoms with Gasteiger partial charge >= 0.3 is 7.12 Å². The Morgan fingerprint density at radius 1 is 1.30 bits per heavy atom. The van der Waals surface area contributed by atoms with E-state index in [-0.39, 0.29) is 0 Å². The molecule has 1 aromatic rings.